The number of hydrogen-bond acceptors (Lipinski definition) is 2. The van der Waals surface area contributed by atoms with Gasteiger partial charge in [0.15, 0.2) is 0 Å². The largest absolute Gasteiger partial charge is 0.480 e. The smallest absolute Gasteiger partial charge is 0.322 e. The van der Waals surface area contributed by atoms with Gasteiger partial charge in [-0.25, -0.2) is 0 Å². The summed E-state index contributed by atoms with van der Waals surface area (Å²) in [6, 6.07) is 0. The SMILES string of the molecule is CCCCC/C=C\C/C=C\C/C=C/C/C=C\CCCC(=O)NCC(=O)O. The fourth-order valence-corrected chi connectivity index (χ4v) is 2.20. The first kappa shape index (κ1) is 23.9. The number of carboxylic acid groups (broad SMARTS) is 1. The number of unbranched alkanes of at least 4 members (excludes halogenated alkanes) is 4. The van der Waals surface area contributed by atoms with Crippen molar-refractivity contribution in [2.24, 2.45) is 0 Å². The van der Waals surface area contributed by atoms with Gasteiger partial charge in [0.25, 0.3) is 0 Å². The number of aliphatic carboxylic acids is 1. The van der Waals surface area contributed by atoms with Gasteiger partial charge in [0.1, 0.15) is 6.54 Å². The van der Waals surface area contributed by atoms with Gasteiger partial charge in [-0.2, -0.15) is 0 Å². The van der Waals surface area contributed by atoms with Crippen LogP contribution < -0.4 is 5.32 Å². The minimum Gasteiger partial charge on any atom is -0.480 e. The van der Waals surface area contributed by atoms with E-state index in [1.807, 2.05) is 0 Å². The molecule has 146 valence electrons. The second-order valence-electron chi connectivity index (χ2n) is 6.15. The quantitative estimate of drug-likeness (QED) is 0.288. The van der Waals surface area contributed by atoms with Crippen LogP contribution in [0.2, 0.25) is 0 Å². The molecule has 2 N–H and O–H groups in total. The van der Waals surface area contributed by atoms with E-state index >= 15 is 0 Å². The molecule has 0 aliphatic heterocycles. The van der Waals surface area contributed by atoms with E-state index in [-0.39, 0.29) is 12.5 Å². The second-order valence-corrected chi connectivity index (χ2v) is 6.15. The lowest BCUT2D eigenvalue weighted by atomic mass is 10.2. The molecule has 0 spiro atoms. The van der Waals surface area contributed by atoms with Gasteiger partial charge < -0.3 is 10.4 Å². The molecule has 0 radical (unpaired) electrons. The zero-order valence-corrected chi connectivity index (χ0v) is 16.2. The molecule has 0 aromatic heterocycles. The van der Waals surface area contributed by atoms with Crippen LogP contribution in [0.3, 0.4) is 0 Å². The number of carbonyl (C=O) groups is 2. The Hall–Kier alpha value is -2.10. The number of allylic oxidation sites excluding steroid dienone is 8. The van der Waals surface area contributed by atoms with E-state index in [2.05, 4.69) is 60.8 Å². The molecule has 4 nitrogen and oxygen atoms in total. The summed E-state index contributed by atoms with van der Waals surface area (Å²) in [5, 5.41) is 10.8. The van der Waals surface area contributed by atoms with Crippen LogP contribution >= 0.6 is 0 Å². The van der Waals surface area contributed by atoms with Crippen LogP contribution in [0.5, 0.6) is 0 Å². The Balaban J connectivity index is 3.48. The molecular formula is C22H35NO3. The summed E-state index contributed by atoms with van der Waals surface area (Å²) in [5.74, 6) is -1.22. The van der Waals surface area contributed by atoms with Gasteiger partial charge in [0, 0.05) is 6.42 Å². The van der Waals surface area contributed by atoms with Crippen LogP contribution in [0.25, 0.3) is 0 Å². The number of amides is 1. The Bertz CT molecular complexity index is 476. The molecule has 0 heterocycles. The maximum absolute atomic E-state index is 11.3. The van der Waals surface area contributed by atoms with Gasteiger partial charge in [-0.05, 0) is 44.9 Å². The molecular weight excluding hydrogens is 326 g/mol. The predicted octanol–water partition coefficient (Wildman–Crippen LogP) is 5.33. The highest BCUT2D eigenvalue weighted by atomic mass is 16.4. The molecule has 0 saturated carbocycles. The standard InChI is InChI=1S/C22H35NO3/c1-2-3-4-5-6-7-8-9-10-11-12-13-14-15-16-17-18-19-21(24)23-20-22(25)26/h6-7,9-10,12-13,15-16H,2-5,8,11,14,17-20H2,1H3,(H,23,24)(H,25,26)/b7-6-,10-9-,13-12+,16-15-. The Morgan fingerprint density at radius 2 is 1.27 bits per heavy atom. The molecule has 0 rings (SSSR count). The minimum absolute atomic E-state index is 0.205. The normalized spacial score (nSPS) is 12.0. The Labute approximate surface area is 158 Å². The first-order valence-corrected chi connectivity index (χ1v) is 9.75. The summed E-state index contributed by atoms with van der Waals surface area (Å²) in [4.78, 5) is 21.6. The molecule has 0 saturated heterocycles. The van der Waals surface area contributed by atoms with Crippen LogP contribution in [0.15, 0.2) is 48.6 Å². The van der Waals surface area contributed by atoms with Crippen molar-refractivity contribution in [3.63, 3.8) is 0 Å². The summed E-state index contributed by atoms with van der Waals surface area (Å²) in [5.41, 5.74) is 0. The predicted molar refractivity (Wildman–Crippen MR) is 109 cm³/mol. The van der Waals surface area contributed by atoms with Crippen LogP contribution in [-0.2, 0) is 9.59 Å². The number of rotatable bonds is 16. The zero-order valence-electron chi connectivity index (χ0n) is 16.2. The fourth-order valence-electron chi connectivity index (χ4n) is 2.20. The van der Waals surface area contributed by atoms with Crippen molar-refractivity contribution >= 4 is 11.9 Å². The van der Waals surface area contributed by atoms with E-state index < -0.39 is 5.97 Å². The minimum atomic E-state index is -1.02. The van der Waals surface area contributed by atoms with Crippen LogP contribution in [0, 0.1) is 0 Å². The van der Waals surface area contributed by atoms with Crippen molar-refractivity contribution in [2.75, 3.05) is 6.54 Å². The van der Waals surface area contributed by atoms with Gasteiger partial charge >= 0.3 is 5.97 Å². The molecule has 26 heavy (non-hydrogen) atoms. The summed E-state index contributed by atoms with van der Waals surface area (Å²) in [7, 11) is 0. The molecule has 0 aromatic carbocycles. The van der Waals surface area contributed by atoms with Crippen molar-refractivity contribution in [3.05, 3.63) is 48.6 Å². The van der Waals surface area contributed by atoms with Crippen molar-refractivity contribution in [1.29, 1.82) is 0 Å². The lowest BCUT2D eigenvalue weighted by molar-refractivity contribution is -0.137. The number of carbonyl (C=O) groups excluding carboxylic acids is 1. The highest BCUT2D eigenvalue weighted by molar-refractivity contribution is 5.80. The summed E-state index contributed by atoms with van der Waals surface area (Å²) < 4.78 is 0. The van der Waals surface area contributed by atoms with Crippen molar-refractivity contribution in [1.82, 2.24) is 5.32 Å². The van der Waals surface area contributed by atoms with E-state index in [4.69, 9.17) is 5.11 Å². The molecule has 4 heteroatoms. The lowest BCUT2D eigenvalue weighted by Gasteiger charge is -2.00. The molecule has 0 atom stereocenters. The third-order valence-electron chi connectivity index (χ3n) is 3.67. The van der Waals surface area contributed by atoms with Gasteiger partial charge in [0.2, 0.25) is 5.91 Å². The van der Waals surface area contributed by atoms with E-state index in [0.29, 0.717) is 6.42 Å². The summed E-state index contributed by atoms with van der Waals surface area (Å²) in [6.45, 7) is 1.92. The van der Waals surface area contributed by atoms with Crippen LogP contribution in [0.1, 0.15) is 71.1 Å². The van der Waals surface area contributed by atoms with Crippen LogP contribution in [-0.4, -0.2) is 23.5 Å². The van der Waals surface area contributed by atoms with Crippen LogP contribution in [0.4, 0.5) is 0 Å². The summed E-state index contributed by atoms with van der Waals surface area (Å²) in [6.07, 6.45) is 27.3. The van der Waals surface area contributed by atoms with Gasteiger partial charge in [-0.15, -0.1) is 0 Å². The van der Waals surface area contributed by atoms with Crippen molar-refractivity contribution in [2.45, 2.75) is 71.1 Å². The third-order valence-corrected chi connectivity index (χ3v) is 3.67. The topological polar surface area (TPSA) is 66.4 Å². The molecule has 0 fully saturated rings. The molecule has 0 aliphatic rings. The van der Waals surface area contributed by atoms with Gasteiger partial charge in [-0.1, -0.05) is 68.4 Å². The Morgan fingerprint density at radius 1 is 0.769 bits per heavy atom. The maximum atomic E-state index is 11.3. The fraction of sp³-hybridized carbons (Fsp3) is 0.545. The highest BCUT2D eigenvalue weighted by Crippen LogP contribution is 2.01. The number of nitrogens with one attached hydrogen (secondary N) is 1. The highest BCUT2D eigenvalue weighted by Gasteiger charge is 2.02. The first-order valence-electron chi connectivity index (χ1n) is 9.75. The van der Waals surface area contributed by atoms with Crippen molar-refractivity contribution < 1.29 is 14.7 Å². The molecule has 0 aliphatic carbocycles. The zero-order chi connectivity index (χ0) is 19.3. The van der Waals surface area contributed by atoms with E-state index in [0.717, 1.165) is 32.1 Å². The molecule has 0 bridgehead atoms. The molecule has 1 amide bonds. The van der Waals surface area contributed by atoms with Gasteiger partial charge in [0.05, 0.1) is 0 Å². The summed E-state index contributed by atoms with van der Waals surface area (Å²) >= 11 is 0. The molecule has 0 aromatic rings. The third kappa shape index (κ3) is 19.9. The van der Waals surface area contributed by atoms with E-state index in [1.165, 1.54) is 25.7 Å². The average Bonchev–Trinajstić information content (AvgIpc) is 2.62. The Morgan fingerprint density at radius 3 is 1.77 bits per heavy atom. The van der Waals surface area contributed by atoms with E-state index in [9.17, 15) is 9.59 Å². The van der Waals surface area contributed by atoms with Crippen molar-refractivity contribution in [3.8, 4) is 0 Å². The Kier molecular flexibility index (Phi) is 17.7. The average molecular weight is 362 g/mol. The first-order chi connectivity index (χ1) is 12.7. The monoisotopic (exact) mass is 361 g/mol. The second kappa shape index (κ2) is 19.2. The maximum Gasteiger partial charge on any atom is 0.322 e. The molecule has 0 unspecified atom stereocenters. The number of carboxylic acids is 1. The van der Waals surface area contributed by atoms with E-state index in [1.54, 1.807) is 0 Å². The number of hydrogen-bond donors (Lipinski definition) is 2. The van der Waals surface area contributed by atoms with Gasteiger partial charge in [-0.3, -0.25) is 9.59 Å². The lowest BCUT2D eigenvalue weighted by Crippen LogP contribution is -2.28.